The first-order chi connectivity index (χ1) is 7.34. The summed E-state index contributed by atoms with van der Waals surface area (Å²) < 4.78 is 12.8. The number of halogens is 1. The first-order valence-electron chi connectivity index (χ1n) is 4.68. The molecule has 15 heavy (non-hydrogen) atoms. The quantitative estimate of drug-likeness (QED) is 0.722. The average Bonchev–Trinajstić information content (AvgIpc) is 2.28. The van der Waals surface area contributed by atoms with Crippen molar-refractivity contribution < 1.29 is 4.39 Å². The summed E-state index contributed by atoms with van der Waals surface area (Å²) in [6.45, 7) is 0. The van der Waals surface area contributed by atoms with Gasteiger partial charge in [0.2, 0.25) is 0 Å². The van der Waals surface area contributed by atoms with E-state index in [4.69, 9.17) is 0 Å². The van der Waals surface area contributed by atoms with Crippen LogP contribution in [0.25, 0.3) is 12.2 Å². The molecule has 2 rings (SSSR count). The van der Waals surface area contributed by atoms with Crippen molar-refractivity contribution in [2.24, 2.45) is 0 Å². The Bertz CT molecular complexity index is 463. The Labute approximate surface area is 87.9 Å². The van der Waals surface area contributed by atoms with Crippen molar-refractivity contribution in [1.82, 2.24) is 4.98 Å². The zero-order valence-corrected chi connectivity index (χ0v) is 8.10. The van der Waals surface area contributed by atoms with Gasteiger partial charge in [-0.05, 0) is 35.4 Å². The van der Waals surface area contributed by atoms with Gasteiger partial charge in [-0.2, -0.15) is 0 Å². The zero-order chi connectivity index (χ0) is 10.5. The molecule has 0 unspecified atom stereocenters. The Morgan fingerprint density at radius 1 is 0.933 bits per heavy atom. The molecule has 0 atom stereocenters. The molecule has 1 heterocycles. The molecule has 0 spiro atoms. The van der Waals surface area contributed by atoms with Crippen LogP contribution in [0.15, 0.2) is 48.8 Å². The monoisotopic (exact) mass is 199 g/mol. The molecule has 1 nitrogen and oxygen atoms in total. The molecule has 0 amide bonds. The molecule has 1 aromatic carbocycles. The van der Waals surface area contributed by atoms with E-state index in [-0.39, 0.29) is 5.82 Å². The van der Waals surface area contributed by atoms with E-state index < -0.39 is 0 Å². The van der Waals surface area contributed by atoms with Crippen molar-refractivity contribution in [1.29, 1.82) is 0 Å². The Kier molecular flexibility index (Phi) is 2.88. The van der Waals surface area contributed by atoms with E-state index in [1.54, 1.807) is 18.5 Å². The lowest BCUT2D eigenvalue weighted by molar-refractivity contribution is 0.627. The van der Waals surface area contributed by atoms with Gasteiger partial charge in [-0.1, -0.05) is 24.3 Å². The maximum Gasteiger partial charge on any atom is 0.123 e. The topological polar surface area (TPSA) is 12.9 Å². The smallest absolute Gasteiger partial charge is 0.123 e. The summed E-state index contributed by atoms with van der Waals surface area (Å²) in [6.07, 6.45) is 7.26. The second-order valence-electron chi connectivity index (χ2n) is 3.17. The van der Waals surface area contributed by atoms with Gasteiger partial charge >= 0.3 is 0 Å². The lowest BCUT2D eigenvalue weighted by Crippen LogP contribution is -1.76. The number of pyridine rings is 1. The van der Waals surface area contributed by atoms with Crippen LogP contribution in [0.2, 0.25) is 0 Å². The van der Waals surface area contributed by atoms with E-state index in [2.05, 4.69) is 4.98 Å². The lowest BCUT2D eigenvalue weighted by atomic mass is 10.1. The van der Waals surface area contributed by atoms with E-state index >= 15 is 0 Å². The maximum absolute atomic E-state index is 12.8. The molecule has 0 saturated carbocycles. The van der Waals surface area contributed by atoms with Crippen molar-refractivity contribution in [3.63, 3.8) is 0 Å². The number of rotatable bonds is 2. The van der Waals surface area contributed by atoms with Gasteiger partial charge in [-0.25, -0.2) is 4.39 Å². The fourth-order valence-corrected chi connectivity index (χ4v) is 1.28. The van der Waals surface area contributed by atoms with Crippen molar-refractivity contribution in [3.8, 4) is 0 Å². The summed E-state index contributed by atoms with van der Waals surface area (Å²) in [7, 11) is 0. The first kappa shape index (κ1) is 9.59. The number of hydrogen-bond donors (Lipinski definition) is 0. The first-order valence-corrected chi connectivity index (χ1v) is 4.68. The van der Waals surface area contributed by atoms with Crippen LogP contribution in [-0.4, -0.2) is 4.98 Å². The van der Waals surface area contributed by atoms with Crippen LogP contribution in [-0.2, 0) is 0 Å². The SMILES string of the molecule is Fc1cccc(/C=C\c2ccncc2)c1. The van der Waals surface area contributed by atoms with E-state index in [9.17, 15) is 4.39 Å². The summed E-state index contributed by atoms with van der Waals surface area (Å²) in [4.78, 5) is 3.92. The van der Waals surface area contributed by atoms with E-state index in [1.807, 2.05) is 30.4 Å². The van der Waals surface area contributed by atoms with E-state index in [1.165, 1.54) is 12.1 Å². The van der Waals surface area contributed by atoms with Crippen LogP contribution >= 0.6 is 0 Å². The van der Waals surface area contributed by atoms with E-state index in [0.717, 1.165) is 11.1 Å². The van der Waals surface area contributed by atoms with Crippen molar-refractivity contribution in [2.45, 2.75) is 0 Å². The lowest BCUT2D eigenvalue weighted by Gasteiger charge is -1.94. The zero-order valence-electron chi connectivity index (χ0n) is 8.10. The van der Waals surface area contributed by atoms with Gasteiger partial charge in [0, 0.05) is 12.4 Å². The molecule has 0 aliphatic heterocycles. The summed E-state index contributed by atoms with van der Waals surface area (Å²) in [5, 5.41) is 0. The highest BCUT2D eigenvalue weighted by Gasteiger charge is 1.90. The summed E-state index contributed by atoms with van der Waals surface area (Å²) in [5.41, 5.74) is 1.90. The Morgan fingerprint density at radius 2 is 1.67 bits per heavy atom. The molecular formula is C13H10FN. The van der Waals surface area contributed by atoms with Crippen LogP contribution in [0.4, 0.5) is 4.39 Å². The van der Waals surface area contributed by atoms with Crippen LogP contribution in [0.5, 0.6) is 0 Å². The molecule has 1 aromatic heterocycles. The average molecular weight is 199 g/mol. The summed E-state index contributed by atoms with van der Waals surface area (Å²) in [5.74, 6) is -0.216. The van der Waals surface area contributed by atoms with Crippen molar-refractivity contribution in [2.75, 3.05) is 0 Å². The van der Waals surface area contributed by atoms with Gasteiger partial charge in [-0.15, -0.1) is 0 Å². The fourth-order valence-electron chi connectivity index (χ4n) is 1.28. The molecule has 0 fully saturated rings. The highest BCUT2D eigenvalue weighted by Crippen LogP contribution is 2.08. The molecule has 74 valence electrons. The third-order valence-corrected chi connectivity index (χ3v) is 2.02. The molecule has 0 bridgehead atoms. The Morgan fingerprint density at radius 3 is 2.40 bits per heavy atom. The summed E-state index contributed by atoms with van der Waals surface area (Å²) >= 11 is 0. The molecule has 0 N–H and O–H groups in total. The number of nitrogens with zero attached hydrogens (tertiary/aromatic N) is 1. The van der Waals surface area contributed by atoms with Crippen LogP contribution in [0.1, 0.15) is 11.1 Å². The molecular weight excluding hydrogens is 189 g/mol. The van der Waals surface area contributed by atoms with Crippen molar-refractivity contribution >= 4 is 12.2 Å². The Hall–Kier alpha value is -1.96. The highest BCUT2D eigenvalue weighted by atomic mass is 19.1. The predicted molar refractivity (Wildman–Crippen MR) is 59.6 cm³/mol. The van der Waals surface area contributed by atoms with Crippen LogP contribution in [0.3, 0.4) is 0 Å². The molecule has 0 radical (unpaired) electrons. The second-order valence-corrected chi connectivity index (χ2v) is 3.17. The number of benzene rings is 1. The standard InChI is InChI=1S/C13H10FN/c14-13-3-1-2-12(10-13)5-4-11-6-8-15-9-7-11/h1-10H/b5-4-. The number of hydrogen-bond acceptors (Lipinski definition) is 1. The van der Waals surface area contributed by atoms with Gasteiger partial charge in [0.05, 0.1) is 0 Å². The predicted octanol–water partition coefficient (Wildman–Crippen LogP) is 3.39. The molecule has 2 heteroatoms. The van der Waals surface area contributed by atoms with Crippen molar-refractivity contribution in [3.05, 3.63) is 65.7 Å². The van der Waals surface area contributed by atoms with E-state index in [0.29, 0.717) is 0 Å². The third-order valence-electron chi connectivity index (χ3n) is 2.02. The minimum absolute atomic E-state index is 0.216. The fraction of sp³-hybridized carbons (Fsp3) is 0. The molecule has 2 aromatic rings. The molecule has 0 aliphatic carbocycles. The molecule has 0 aliphatic rings. The Balaban J connectivity index is 2.19. The highest BCUT2D eigenvalue weighted by molar-refractivity contribution is 5.69. The van der Waals surface area contributed by atoms with Gasteiger partial charge in [0.1, 0.15) is 5.82 Å². The molecule has 0 saturated heterocycles. The van der Waals surface area contributed by atoms with Gasteiger partial charge in [0.25, 0.3) is 0 Å². The largest absolute Gasteiger partial charge is 0.265 e. The number of aromatic nitrogens is 1. The minimum atomic E-state index is -0.216. The van der Waals surface area contributed by atoms with Gasteiger partial charge in [0.15, 0.2) is 0 Å². The summed E-state index contributed by atoms with van der Waals surface area (Å²) in [6, 6.07) is 10.3. The van der Waals surface area contributed by atoms with Crippen LogP contribution < -0.4 is 0 Å². The maximum atomic E-state index is 12.8. The van der Waals surface area contributed by atoms with Crippen LogP contribution in [0, 0.1) is 5.82 Å². The van der Waals surface area contributed by atoms with Gasteiger partial charge in [-0.3, -0.25) is 4.98 Å². The minimum Gasteiger partial charge on any atom is -0.265 e. The second kappa shape index (κ2) is 4.51. The third kappa shape index (κ3) is 2.74. The normalized spacial score (nSPS) is 10.7. The van der Waals surface area contributed by atoms with Gasteiger partial charge < -0.3 is 0 Å².